The van der Waals surface area contributed by atoms with Crippen LogP contribution in [0.4, 0.5) is 5.82 Å². The Bertz CT molecular complexity index is 584. The molecule has 2 aromatic rings. The first-order chi connectivity index (χ1) is 9.80. The molecule has 1 aromatic heterocycles. The summed E-state index contributed by atoms with van der Waals surface area (Å²) < 4.78 is 5.39. The van der Waals surface area contributed by atoms with E-state index in [0.717, 1.165) is 36.1 Å². The van der Waals surface area contributed by atoms with E-state index in [4.69, 9.17) is 4.74 Å². The number of likely N-dealkylation sites (N-methyl/N-ethyl adjacent to an activating group) is 1. The van der Waals surface area contributed by atoms with Gasteiger partial charge in [0.05, 0.1) is 17.7 Å². The van der Waals surface area contributed by atoms with Gasteiger partial charge < -0.3 is 9.64 Å². The van der Waals surface area contributed by atoms with Crippen molar-refractivity contribution in [2.45, 2.75) is 13.8 Å². The van der Waals surface area contributed by atoms with Gasteiger partial charge in [0.1, 0.15) is 5.82 Å². The van der Waals surface area contributed by atoms with E-state index in [1.165, 1.54) is 0 Å². The molecule has 0 radical (unpaired) electrons. The molecule has 0 amide bonds. The van der Waals surface area contributed by atoms with E-state index in [-0.39, 0.29) is 0 Å². The highest BCUT2D eigenvalue weighted by Gasteiger charge is 2.12. The van der Waals surface area contributed by atoms with E-state index in [1.807, 2.05) is 37.3 Å². The number of carbonyl (C=O) groups is 1. The first-order valence-corrected chi connectivity index (χ1v) is 6.97. The van der Waals surface area contributed by atoms with Crippen LogP contribution in [0.5, 0.6) is 0 Å². The molecule has 0 bridgehead atoms. The van der Waals surface area contributed by atoms with Crippen LogP contribution in [-0.4, -0.2) is 37.6 Å². The largest absolute Gasteiger partial charge is 0.380 e. The summed E-state index contributed by atoms with van der Waals surface area (Å²) in [6, 6.07) is 9.73. The summed E-state index contributed by atoms with van der Waals surface area (Å²) in [6.07, 6.45) is 0.873. The van der Waals surface area contributed by atoms with Gasteiger partial charge in [-0.05, 0) is 26.0 Å². The highest BCUT2D eigenvalue weighted by Crippen LogP contribution is 2.22. The van der Waals surface area contributed by atoms with Crippen LogP contribution in [0.3, 0.4) is 0 Å². The fourth-order valence-corrected chi connectivity index (χ4v) is 2.19. The summed E-state index contributed by atoms with van der Waals surface area (Å²) in [5, 5.41) is 0.985. The second-order valence-electron chi connectivity index (χ2n) is 4.49. The molecule has 0 fully saturated rings. The molecule has 0 N–H and O–H groups in total. The minimum absolute atomic E-state index is 0.627. The third kappa shape index (κ3) is 3.14. The highest BCUT2D eigenvalue weighted by atomic mass is 16.5. The van der Waals surface area contributed by atoms with Crippen LogP contribution >= 0.6 is 0 Å². The Morgan fingerprint density at radius 3 is 2.80 bits per heavy atom. The molecule has 2 rings (SSSR count). The van der Waals surface area contributed by atoms with Crippen molar-refractivity contribution in [1.82, 2.24) is 4.98 Å². The lowest BCUT2D eigenvalue weighted by Crippen LogP contribution is -2.29. The lowest BCUT2D eigenvalue weighted by Gasteiger charge is -2.23. The standard InChI is InChI=1S/C16H20N2O2/c1-3-18(9-10-20-4-2)16-14(12-19)11-13-7-5-6-8-15(13)17-16/h5-8,11-12H,3-4,9-10H2,1-2H3. The van der Waals surface area contributed by atoms with Crippen LogP contribution in [0.15, 0.2) is 30.3 Å². The molecule has 0 aliphatic rings. The number of para-hydroxylation sites is 1. The van der Waals surface area contributed by atoms with Crippen molar-refractivity contribution in [3.63, 3.8) is 0 Å². The Morgan fingerprint density at radius 2 is 2.10 bits per heavy atom. The molecular weight excluding hydrogens is 252 g/mol. The molecule has 4 nitrogen and oxygen atoms in total. The quantitative estimate of drug-likeness (QED) is 0.574. The van der Waals surface area contributed by atoms with Gasteiger partial charge in [-0.15, -0.1) is 0 Å². The molecule has 20 heavy (non-hydrogen) atoms. The van der Waals surface area contributed by atoms with Gasteiger partial charge in [-0.2, -0.15) is 0 Å². The molecule has 0 spiro atoms. The Kier molecular flexibility index (Phi) is 5.07. The van der Waals surface area contributed by atoms with Crippen molar-refractivity contribution in [3.8, 4) is 0 Å². The fourth-order valence-electron chi connectivity index (χ4n) is 2.19. The van der Waals surface area contributed by atoms with Gasteiger partial charge in [-0.1, -0.05) is 18.2 Å². The van der Waals surface area contributed by atoms with Crippen molar-refractivity contribution < 1.29 is 9.53 Å². The average molecular weight is 272 g/mol. The maximum Gasteiger partial charge on any atom is 0.153 e. The third-order valence-corrected chi connectivity index (χ3v) is 3.25. The number of pyridine rings is 1. The number of benzene rings is 1. The zero-order valence-corrected chi connectivity index (χ0v) is 12.0. The Labute approximate surface area is 119 Å². The smallest absolute Gasteiger partial charge is 0.153 e. The summed E-state index contributed by atoms with van der Waals surface area (Å²) in [6.45, 7) is 6.88. The lowest BCUT2D eigenvalue weighted by molar-refractivity contribution is 0.112. The number of nitrogens with zero attached hydrogens (tertiary/aromatic N) is 2. The third-order valence-electron chi connectivity index (χ3n) is 3.25. The second kappa shape index (κ2) is 7.01. The Balaban J connectivity index is 2.36. The minimum Gasteiger partial charge on any atom is -0.380 e. The van der Waals surface area contributed by atoms with Crippen LogP contribution in [0, 0.1) is 0 Å². The molecule has 0 saturated carbocycles. The predicted octanol–water partition coefficient (Wildman–Crippen LogP) is 2.91. The van der Waals surface area contributed by atoms with Crippen LogP contribution < -0.4 is 4.90 Å². The Morgan fingerprint density at radius 1 is 1.30 bits per heavy atom. The van der Waals surface area contributed by atoms with Gasteiger partial charge in [0.2, 0.25) is 0 Å². The number of anilines is 1. The van der Waals surface area contributed by atoms with E-state index in [2.05, 4.69) is 16.8 Å². The molecule has 1 aromatic carbocycles. The number of hydrogen-bond donors (Lipinski definition) is 0. The van der Waals surface area contributed by atoms with Crippen LogP contribution in [0.1, 0.15) is 24.2 Å². The number of rotatable bonds is 7. The average Bonchev–Trinajstić information content (AvgIpc) is 2.50. The van der Waals surface area contributed by atoms with Gasteiger partial charge in [-0.25, -0.2) is 4.98 Å². The molecule has 1 heterocycles. The maximum atomic E-state index is 11.3. The molecule has 106 valence electrons. The van der Waals surface area contributed by atoms with E-state index in [1.54, 1.807) is 0 Å². The Hall–Kier alpha value is -1.94. The number of fused-ring (bicyclic) bond motifs is 1. The number of carbonyl (C=O) groups excluding carboxylic acids is 1. The van der Waals surface area contributed by atoms with Crippen LogP contribution in [-0.2, 0) is 4.74 Å². The van der Waals surface area contributed by atoms with E-state index in [0.29, 0.717) is 18.8 Å². The zero-order valence-electron chi connectivity index (χ0n) is 12.0. The van der Waals surface area contributed by atoms with Gasteiger partial charge in [0.25, 0.3) is 0 Å². The molecule has 0 unspecified atom stereocenters. The van der Waals surface area contributed by atoms with Crippen molar-refractivity contribution in [2.24, 2.45) is 0 Å². The maximum absolute atomic E-state index is 11.3. The van der Waals surface area contributed by atoms with Crippen molar-refractivity contribution in [2.75, 3.05) is 31.2 Å². The van der Waals surface area contributed by atoms with E-state index in [9.17, 15) is 4.79 Å². The number of ether oxygens (including phenoxy) is 1. The number of aromatic nitrogens is 1. The molecule has 0 saturated heterocycles. The summed E-state index contributed by atoms with van der Waals surface area (Å²) in [7, 11) is 0. The molecule has 0 aliphatic carbocycles. The fraction of sp³-hybridized carbons (Fsp3) is 0.375. The van der Waals surface area contributed by atoms with Crippen molar-refractivity contribution in [1.29, 1.82) is 0 Å². The topological polar surface area (TPSA) is 42.4 Å². The summed E-state index contributed by atoms with van der Waals surface area (Å²) in [4.78, 5) is 18.0. The first-order valence-electron chi connectivity index (χ1n) is 6.97. The number of hydrogen-bond acceptors (Lipinski definition) is 4. The van der Waals surface area contributed by atoms with Gasteiger partial charge in [0.15, 0.2) is 6.29 Å². The predicted molar refractivity (Wildman–Crippen MR) is 81.5 cm³/mol. The molecule has 0 atom stereocenters. The molecule has 0 aliphatic heterocycles. The SMILES string of the molecule is CCOCCN(CC)c1nc2ccccc2cc1C=O. The monoisotopic (exact) mass is 272 g/mol. The molecule has 4 heteroatoms. The van der Waals surface area contributed by atoms with Crippen LogP contribution in [0.2, 0.25) is 0 Å². The number of aldehydes is 1. The second-order valence-corrected chi connectivity index (χ2v) is 4.49. The van der Waals surface area contributed by atoms with Crippen molar-refractivity contribution >= 4 is 23.0 Å². The van der Waals surface area contributed by atoms with Crippen LogP contribution in [0.25, 0.3) is 10.9 Å². The normalized spacial score (nSPS) is 10.7. The van der Waals surface area contributed by atoms with E-state index >= 15 is 0 Å². The summed E-state index contributed by atoms with van der Waals surface area (Å²) >= 11 is 0. The minimum atomic E-state index is 0.627. The van der Waals surface area contributed by atoms with E-state index < -0.39 is 0 Å². The zero-order chi connectivity index (χ0) is 14.4. The summed E-state index contributed by atoms with van der Waals surface area (Å²) in [5.41, 5.74) is 1.53. The lowest BCUT2D eigenvalue weighted by atomic mass is 10.1. The first kappa shape index (κ1) is 14.5. The van der Waals surface area contributed by atoms with Gasteiger partial charge in [-0.3, -0.25) is 4.79 Å². The van der Waals surface area contributed by atoms with Crippen molar-refractivity contribution in [3.05, 3.63) is 35.9 Å². The molecular formula is C16H20N2O2. The van der Waals surface area contributed by atoms with Gasteiger partial charge >= 0.3 is 0 Å². The summed E-state index contributed by atoms with van der Waals surface area (Å²) in [5.74, 6) is 0.737. The highest BCUT2D eigenvalue weighted by molar-refractivity contribution is 5.91. The van der Waals surface area contributed by atoms with Gasteiger partial charge in [0, 0.05) is 25.1 Å².